The van der Waals surface area contributed by atoms with E-state index in [1.165, 1.54) is 0 Å². The highest BCUT2D eigenvalue weighted by Gasteiger charge is 2.35. The van der Waals surface area contributed by atoms with E-state index in [1.54, 1.807) is 23.1 Å². The molecule has 40 heavy (non-hydrogen) atoms. The number of nitrogens with two attached hydrogens (primary N) is 1. The van der Waals surface area contributed by atoms with Gasteiger partial charge < -0.3 is 16.0 Å². The van der Waals surface area contributed by atoms with Crippen LogP contribution >= 0.6 is 0 Å². The molecule has 1 heterocycles. The number of carbonyl (C=O) groups excluding carboxylic acids is 4. The van der Waals surface area contributed by atoms with Crippen LogP contribution in [0.5, 0.6) is 0 Å². The molecule has 1 aliphatic rings. The number of nitrogens with zero attached hydrogens (tertiary/aromatic N) is 1. The Hall–Kier alpha value is -3.48. The SMILES string of the molecule is CC.CCC[C@H](C(N)=O)[C@@H](CC(C)C)C(=O)N[C@H]1CCCCN(Cc2cccc(C(=O)c3ccccc3)c2)C1=O. The number of likely N-dealkylation sites (tertiary alicyclic amines) is 1. The second-order valence-corrected chi connectivity index (χ2v) is 10.7. The number of nitrogens with one attached hydrogen (secondary N) is 1. The summed E-state index contributed by atoms with van der Waals surface area (Å²) in [5.74, 6) is -1.84. The summed E-state index contributed by atoms with van der Waals surface area (Å²) in [4.78, 5) is 53.8. The standard InChI is InChI=1S/C31H41N3O4.C2H6/c1-4-11-25(29(32)36)26(18-21(2)3)30(37)33-27-16-8-9-17-34(31(27)38)20-22-12-10-15-24(19-22)28(35)23-13-6-5-7-14-23;1-2/h5-7,10,12-15,19,21,25-27H,4,8-9,11,16-18,20H2,1-3H3,(H2,32,36)(H,33,37);1-2H3/t25-,26+,27-;/m0./s1. The van der Waals surface area contributed by atoms with Crippen molar-refractivity contribution in [3.63, 3.8) is 0 Å². The van der Waals surface area contributed by atoms with E-state index in [-0.39, 0.29) is 23.5 Å². The number of carbonyl (C=O) groups is 4. The molecule has 0 saturated carbocycles. The van der Waals surface area contributed by atoms with Gasteiger partial charge in [0.15, 0.2) is 5.78 Å². The molecule has 0 radical (unpaired) electrons. The molecule has 1 saturated heterocycles. The number of primary amides is 1. The van der Waals surface area contributed by atoms with E-state index in [1.807, 2.05) is 71.0 Å². The molecule has 0 aliphatic carbocycles. The first-order valence-electron chi connectivity index (χ1n) is 14.8. The maximum Gasteiger partial charge on any atom is 0.245 e. The Bertz CT molecular complexity index is 1120. The van der Waals surface area contributed by atoms with Crippen molar-refractivity contribution in [2.24, 2.45) is 23.5 Å². The summed E-state index contributed by atoms with van der Waals surface area (Å²) < 4.78 is 0. The van der Waals surface area contributed by atoms with E-state index in [2.05, 4.69) is 5.32 Å². The maximum absolute atomic E-state index is 13.6. The number of hydrogen-bond acceptors (Lipinski definition) is 4. The zero-order valence-electron chi connectivity index (χ0n) is 24.8. The van der Waals surface area contributed by atoms with Crippen molar-refractivity contribution >= 4 is 23.5 Å². The monoisotopic (exact) mass is 549 g/mol. The summed E-state index contributed by atoms with van der Waals surface area (Å²) >= 11 is 0. The summed E-state index contributed by atoms with van der Waals surface area (Å²) in [5, 5.41) is 2.98. The van der Waals surface area contributed by atoms with Crippen LogP contribution in [-0.2, 0) is 20.9 Å². The van der Waals surface area contributed by atoms with Gasteiger partial charge in [-0.05, 0) is 49.7 Å². The van der Waals surface area contributed by atoms with Crippen LogP contribution in [0.1, 0.15) is 94.6 Å². The van der Waals surface area contributed by atoms with Gasteiger partial charge >= 0.3 is 0 Å². The molecule has 3 amide bonds. The van der Waals surface area contributed by atoms with Crippen molar-refractivity contribution in [1.82, 2.24) is 10.2 Å². The van der Waals surface area contributed by atoms with Crippen molar-refractivity contribution in [2.75, 3.05) is 6.54 Å². The molecule has 3 rings (SSSR count). The van der Waals surface area contributed by atoms with E-state index in [4.69, 9.17) is 5.73 Å². The van der Waals surface area contributed by atoms with E-state index in [0.29, 0.717) is 43.5 Å². The van der Waals surface area contributed by atoms with Gasteiger partial charge in [0.1, 0.15) is 6.04 Å². The molecule has 1 aliphatic heterocycles. The van der Waals surface area contributed by atoms with Crippen LogP contribution in [0.15, 0.2) is 54.6 Å². The fourth-order valence-corrected chi connectivity index (χ4v) is 5.28. The lowest BCUT2D eigenvalue weighted by Gasteiger charge is -2.29. The van der Waals surface area contributed by atoms with Gasteiger partial charge in [-0.25, -0.2) is 0 Å². The molecule has 0 aromatic heterocycles. The van der Waals surface area contributed by atoms with Crippen LogP contribution in [0.2, 0.25) is 0 Å². The van der Waals surface area contributed by atoms with Crippen molar-refractivity contribution < 1.29 is 19.2 Å². The van der Waals surface area contributed by atoms with Crippen molar-refractivity contribution in [3.8, 4) is 0 Å². The number of ketones is 1. The van der Waals surface area contributed by atoms with Gasteiger partial charge in [-0.15, -0.1) is 0 Å². The number of hydrogen-bond donors (Lipinski definition) is 2. The highest BCUT2D eigenvalue weighted by atomic mass is 16.2. The van der Waals surface area contributed by atoms with Crippen molar-refractivity contribution in [2.45, 2.75) is 85.7 Å². The minimum Gasteiger partial charge on any atom is -0.369 e. The molecule has 2 aromatic rings. The fraction of sp³-hybridized carbons (Fsp3) is 0.515. The molecule has 0 unspecified atom stereocenters. The Morgan fingerprint density at radius 2 is 1.65 bits per heavy atom. The third-order valence-electron chi connectivity index (χ3n) is 7.21. The van der Waals surface area contributed by atoms with Gasteiger partial charge in [-0.3, -0.25) is 19.2 Å². The average molecular weight is 550 g/mol. The molecule has 1 fully saturated rings. The normalized spacial score (nSPS) is 16.8. The summed E-state index contributed by atoms with van der Waals surface area (Å²) in [5.41, 5.74) is 7.74. The zero-order valence-corrected chi connectivity index (χ0v) is 24.8. The third-order valence-corrected chi connectivity index (χ3v) is 7.21. The second-order valence-electron chi connectivity index (χ2n) is 10.7. The molecule has 2 aromatic carbocycles. The number of benzene rings is 2. The molecule has 7 heteroatoms. The van der Waals surface area contributed by atoms with Gasteiger partial charge in [0.25, 0.3) is 0 Å². The fourth-order valence-electron chi connectivity index (χ4n) is 5.28. The molecular formula is C33H47N3O4. The van der Waals surface area contributed by atoms with Crippen LogP contribution in [0, 0.1) is 17.8 Å². The Balaban J connectivity index is 0.00000274. The van der Waals surface area contributed by atoms with Gasteiger partial charge in [-0.2, -0.15) is 0 Å². The third kappa shape index (κ3) is 9.32. The highest BCUT2D eigenvalue weighted by Crippen LogP contribution is 2.26. The minimum absolute atomic E-state index is 0.0629. The van der Waals surface area contributed by atoms with Crippen LogP contribution in [0.25, 0.3) is 0 Å². The quantitative estimate of drug-likeness (QED) is 0.341. The zero-order chi connectivity index (χ0) is 29.7. The first-order valence-corrected chi connectivity index (χ1v) is 14.8. The lowest BCUT2D eigenvalue weighted by atomic mass is 9.81. The van der Waals surface area contributed by atoms with Crippen molar-refractivity contribution in [3.05, 3.63) is 71.3 Å². The van der Waals surface area contributed by atoms with Crippen LogP contribution < -0.4 is 11.1 Å². The van der Waals surface area contributed by atoms with Gasteiger partial charge in [0, 0.05) is 36.1 Å². The van der Waals surface area contributed by atoms with Crippen molar-refractivity contribution in [1.29, 1.82) is 0 Å². The van der Waals surface area contributed by atoms with Gasteiger partial charge in [-0.1, -0.05) is 89.6 Å². The molecule has 218 valence electrons. The van der Waals surface area contributed by atoms with Crippen LogP contribution in [-0.4, -0.2) is 41.0 Å². The lowest BCUT2D eigenvalue weighted by Crippen LogP contribution is -2.50. The average Bonchev–Trinajstić information content (AvgIpc) is 3.12. The molecule has 3 N–H and O–H groups in total. The summed E-state index contributed by atoms with van der Waals surface area (Å²) in [6.45, 7) is 10.9. The Morgan fingerprint density at radius 3 is 2.27 bits per heavy atom. The highest BCUT2D eigenvalue weighted by molar-refractivity contribution is 6.09. The maximum atomic E-state index is 13.6. The van der Waals surface area contributed by atoms with Gasteiger partial charge in [0.05, 0.1) is 0 Å². The van der Waals surface area contributed by atoms with E-state index >= 15 is 0 Å². The van der Waals surface area contributed by atoms with Crippen LogP contribution in [0.4, 0.5) is 0 Å². The first kappa shape index (κ1) is 32.7. The largest absolute Gasteiger partial charge is 0.369 e. The Morgan fingerprint density at radius 1 is 0.975 bits per heavy atom. The van der Waals surface area contributed by atoms with E-state index in [0.717, 1.165) is 24.8 Å². The molecule has 0 bridgehead atoms. The lowest BCUT2D eigenvalue weighted by molar-refractivity contribution is -0.139. The molecule has 3 atom stereocenters. The Labute approximate surface area is 239 Å². The second kappa shape index (κ2) is 16.6. The predicted octanol–water partition coefficient (Wildman–Crippen LogP) is 5.51. The van der Waals surface area contributed by atoms with E-state index in [9.17, 15) is 19.2 Å². The minimum atomic E-state index is -0.649. The Kier molecular flexibility index (Phi) is 13.6. The van der Waals surface area contributed by atoms with Crippen LogP contribution in [0.3, 0.4) is 0 Å². The number of rotatable bonds is 12. The first-order chi connectivity index (χ1) is 19.2. The van der Waals surface area contributed by atoms with E-state index < -0.39 is 23.8 Å². The smallest absolute Gasteiger partial charge is 0.245 e. The predicted molar refractivity (Wildman–Crippen MR) is 159 cm³/mol. The summed E-state index contributed by atoms with van der Waals surface area (Å²) in [7, 11) is 0. The molecule has 7 nitrogen and oxygen atoms in total. The summed E-state index contributed by atoms with van der Waals surface area (Å²) in [6, 6.07) is 15.8. The number of amides is 3. The molecular weight excluding hydrogens is 502 g/mol. The topological polar surface area (TPSA) is 110 Å². The van der Waals surface area contributed by atoms with Gasteiger partial charge in [0.2, 0.25) is 17.7 Å². The molecule has 0 spiro atoms. The summed E-state index contributed by atoms with van der Waals surface area (Å²) in [6.07, 6.45) is 4.02.